The third-order valence-corrected chi connectivity index (χ3v) is 5.14. The second-order valence-corrected chi connectivity index (χ2v) is 6.83. The van der Waals surface area contributed by atoms with Crippen molar-refractivity contribution in [3.8, 4) is 0 Å². The molecule has 1 spiro atoms. The fraction of sp³-hybridized carbons (Fsp3) is 0.278. The molecule has 2 aromatic rings. The van der Waals surface area contributed by atoms with E-state index in [1.165, 1.54) is 5.56 Å². The van der Waals surface area contributed by atoms with Gasteiger partial charge in [0, 0.05) is 4.47 Å². The Labute approximate surface area is 137 Å². The van der Waals surface area contributed by atoms with Gasteiger partial charge in [0.05, 0.1) is 6.04 Å². The summed E-state index contributed by atoms with van der Waals surface area (Å²) in [4.78, 5) is 12.5. The standard InChI is InChI=1S/C18H16BrNO2/c19-14-6-7-15-13(10-14)8-9-18(15)17(21)22-11-16(20-18)12-4-2-1-3-5-12/h1-7,10,16,20H,8-9,11H2/t16-,18-/m1/s1. The number of hydrogen-bond donors (Lipinski definition) is 1. The van der Waals surface area contributed by atoms with Gasteiger partial charge in [-0.3, -0.25) is 5.32 Å². The number of esters is 1. The molecule has 1 N–H and O–H groups in total. The average Bonchev–Trinajstić information content (AvgIpc) is 2.90. The first kappa shape index (κ1) is 14.0. The molecule has 1 aliphatic heterocycles. The van der Waals surface area contributed by atoms with Gasteiger partial charge < -0.3 is 4.74 Å². The van der Waals surface area contributed by atoms with Crippen molar-refractivity contribution in [1.82, 2.24) is 5.32 Å². The van der Waals surface area contributed by atoms with Crippen molar-refractivity contribution in [3.63, 3.8) is 0 Å². The topological polar surface area (TPSA) is 38.3 Å². The van der Waals surface area contributed by atoms with Gasteiger partial charge in [0.15, 0.2) is 0 Å². The van der Waals surface area contributed by atoms with Crippen molar-refractivity contribution in [1.29, 1.82) is 0 Å². The van der Waals surface area contributed by atoms with Gasteiger partial charge in [-0.1, -0.05) is 52.3 Å². The molecule has 0 radical (unpaired) electrons. The lowest BCUT2D eigenvalue weighted by Crippen LogP contribution is -2.55. The zero-order chi connectivity index (χ0) is 15.2. The van der Waals surface area contributed by atoms with E-state index in [1.807, 2.05) is 30.3 Å². The van der Waals surface area contributed by atoms with Crippen molar-refractivity contribution in [3.05, 3.63) is 69.7 Å². The zero-order valence-electron chi connectivity index (χ0n) is 12.0. The van der Waals surface area contributed by atoms with E-state index in [0.29, 0.717) is 6.61 Å². The van der Waals surface area contributed by atoms with Crippen LogP contribution in [0.25, 0.3) is 0 Å². The van der Waals surface area contributed by atoms with E-state index in [-0.39, 0.29) is 12.0 Å². The minimum atomic E-state index is -0.700. The fourth-order valence-corrected chi connectivity index (χ4v) is 3.96. The SMILES string of the molecule is O=C1OC[C@H](c2ccccc2)N[C@@]12CCc1cc(Br)ccc12. The molecule has 112 valence electrons. The zero-order valence-corrected chi connectivity index (χ0v) is 13.6. The maximum atomic E-state index is 12.5. The molecule has 1 saturated heterocycles. The van der Waals surface area contributed by atoms with Crippen LogP contribution < -0.4 is 5.32 Å². The molecule has 0 amide bonds. The van der Waals surface area contributed by atoms with E-state index in [0.717, 1.165) is 28.4 Å². The summed E-state index contributed by atoms with van der Waals surface area (Å²) in [5.41, 5.74) is 2.73. The highest BCUT2D eigenvalue weighted by Crippen LogP contribution is 2.42. The summed E-state index contributed by atoms with van der Waals surface area (Å²) in [7, 11) is 0. The Balaban J connectivity index is 1.74. The first-order chi connectivity index (χ1) is 10.7. The van der Waals surface area contributed by atoms with E-state index in [1.54, 1.807) is 0 Å². The predicted octanol–water partition coefficient (Wildman–Crippen LogP) is 3.48. The van der Waals surface area contributed by atoms with E-state index < -0.39 is 5.54 Å². The predicted molar refractivity (Wildman–Crippen MR) is 87.4 cm³/mol. The summed E-state index contributed by atoms with van der Waals surface area (Å²) in [5.74, 6) is -0.152. The Hall–Kier alpha value is -1.65. The van der Waals surface area contributed by atoms with Gasteiger partial charge in [-0.25, -0.2) is 4.79 Å². The van der Waals surface area contributed by atoms with E-state index >= 15 is 0 Å². The van der Waals surface area contributed by atoms with Crippen molar-refractivity contribution < 1.29 is 9.53 Å². The summed E-state index contributed by atoms with van der Waals surface area (Å²) in [6.45, 7) is 0.385. The number of aryl methyl sites for hydroxylation is 1. The molecule has 4 heteroatoms. The summed E-state index contributed by atoms with van der Waals surface area (Å²) in [6, 6.07) is 16.3. The summed E-state index contributed by atoms with van der Waals surface area (Å²) in [5, 5.41) is 3.58. The van der Waals surface area contributed by atoms with Crippen LogP contribution in [0.4, 0.5) is 0 Å². The normalized spacial score (nSPS) is 26.8. The summed E-state index contributed by atoms with van der Waals surface area (Å²) < 4.78 is 6.60. The molecule has 0 bridgehead atoms. The third kappa shape index (κ3) is 2.09. The Morgan fingerprint density at radius 2 is 2.00 bits per heavy atom. The molecule has 1 fully saturated rings. The molecule has 0 aromatic heterocycles. The van der Waals surface area contributed by atoms with Gasteiger partial charge >= 0.3 is 5.97 Å². The number of carbonyl (C=O) groups excluding carboxylic acids is 1. The van der Waals surface area contributed by atoms with Crippen LogP contribution in [0.2, 0.25) is 0 Å². The minimum absolute atomic E-state index is 0.0356. The van der Waals surface area contributed by atoms with Crippen LogP contribution in [0.1, 0.15) is 29.2 Å². The Bertz CT molecular complexity index is 731. The second kappa shape index (κ2) is 5.21. The molecule has 3 nitrogen and oxygen atoms in total. The molecular weight excluding hydrogens is 342 g/mol. The Kier molecular flexibility index (Phi) is 3.31. The number of ether oxygens (including phenoxy) is 1. The molecule has 4 rings (SSSR count). The van der Waals surface area contributed by atoms with Gasteiger partial charge in [-0.15, -0.1) is 0 Å². The van der Waals surface area contributed by atoms with Crippen LogP contribution >= 0.6 is 15.9 Å². The number of nitrogens with one attached hydrogen (secondary N) is 1. The molecular formula is C18H16BrNO2. The largest absolute Gasteiger partial charge is 0.462 e. The van der Waals surface area contributed by atoms with E-state index in [4.69, 9.17) is 4.74 Å². The second-order valence-electron chi connectivity index (χ2n) is 5.91. The van der Waals surface area contributed by atoms with Crippen LogP contribution in [0.15, 0.2) is 53.0 Å². The maximum Gasteiger partial charge on any atom is 0.331 e. The van der Waals surface area contributed by atoms with E-state index in [2.05, 4.69) is 39.4 Å². The molecule has 2 aliphatic rings. The highest BCUT2D eigenvalue weighted by molar-refractivity contribution is 9.10. The highest BCUT2D eigenvalue weighted by atomic mass is 79.9. The number of morpholine rings is 1. The number of carbonyl (C=O) groups is 1. The molecule has 1 aliphatic carbocycles. The average molecular weight is 358 g/mol. The van der Waals surface area contributed by atoms with Gasteiger partial charge in [-0.2, -0.15) is 0 Å². The molecule has 0 unspecified atom stereocenters. The summed E-state index contributed by atoms with van der Waals surface area (Å²) in [6.07, 6.45) is 1.64. The Morgan fingerprint density at radius 3 is 2.82 bits per heavy atom. The maximum absolute atomic E-state index is 12.5. The molecule has 0 saturated carbocycles. The molecule has 2 aromatic carbocycles. The minimum Gasteiger partial charge on any atom is -0.462 e. The van der Waals surface area contributed by atoms with Gasteiger partial charge in [0.25, 0.3) is 0 Å². The number of hydrogen-bond acceptors (Lipinski definition) is 3. The van der Waals surface area contributed by atoms with Crippen LogP contribution in [0, 0.1) is 0 Å². The lowest BCUT2D eigenvalue weighted by molar-refractivity contribution is -0.159. The van der Waals surface area contributed by atoms with Crippen LogP contribution in [-0.2, 0) is 21.5 Å². The lowest BCUT2D eigenvalue weighted by Gasteiger charge is -2.38. The van der Waals surface area contributed by atoms with Gasteiger partial charge in [0.1, 0.15) is 12.1 Å². The van der Waals surface area contributed by atoms with Crippen molar-refractivity contribution in [2.24, 2.45) is 0 Å². The quantitative estimate of drug-likeness (QED) is 0.794. The van der Waals surface area contributed by atoms with Gasteiger partial charge in [-0.05, 0) is 41.7 Å². The Morgan fingerprint density at radius 1 is 1.18 bits per heavy atom. The van der Waals surface area contributed by atoms with Gasteiger partial charge in [0.2, 0.25) is 0 Å². The molecule has 22 heavy (non-hydrogen) atoms. The smallest absolute Gasteiger partial charge is 0.331 e. The summed E-state index contributed by atoms with van der Waals surface area (Å²) >= 11 is 3.50. The first-order valence-electron chi connectivity index (χ1n) is 7.48. The monoisotopic (exact) mass is 357 g/mol. The molecule has 1 heterocycles. The number of benzene rings is 2. The number of cyclic esters (lactones) is 1. The fourth-order valence-electron chi connectivity index (χ4n) is 3.55. The van der Waals surface area contributed by atoms with Crippen molar-refractivity contribution in [2.45, 2.75) is 24.4 Å². The van der Waals surface area contributed by atoms with E-state index in [9.17, 15) is 4.79 Å². The van der Waals surface area contributed by atoms with Crippen LogP contribution in [-0.4, -0.2) is 12.6 Å². The van der Waals surface area contributed by atoms with Crippen molar-refractivity contribution >= 4 is 21.9 Å². The third-order valence-electron chi connectivity index (χ3n) is 4.65. The number of fused-ring (bicyclic) bond motifs is 2. The van der Waals surface area contributed by atoms with Crippen molar-refractivity contribution in [2.75, 3.05) is 6.61 Å². The first-order valence-corrected chi connectivity index (χ1v) is 8.27. The highest BCUT2D eigenvalue weighted by Gasteiger charge is 2.50. The van der Waals surface area contributed by atoms with Crippen LogP contribution in [0.5, 0.6) is 0 Å². The lowest BCUT2D eigenvalue weighted by atomic mass is 9.88. The van der Waals surface area contributed by atoms with Crippen LogP contribution in [0.3, 0.4) is 0 Å². The molecule has 2 atom stereocenters. The number of rotatable bonds is 1. The number of halogens is 1.